The lowest BCUT2D eigenvalue weighted by molar-refractivity contribution is -0.138. The average Bonchev–Trinajstić information content (AvgIpc) is 3.30. The van der Waals surface area contributed by atoms with E-state index in [2.05, 4.69) is 9.97 Å². The molecule has 1 aliphatic carbocycles. The van der Waals surface area contributed by atoms with Crippen molar-refractivity contribution in [1.82, 2.24) is 9.97 Å². The molecule has 1 N–H and O–H groups in total. The Morgan fingerprint density at radius 2 is 1.88 bits per heavy atom. The van der Waals surface area contributed by atoms with Gasteiger partial charge < -0.3 is 9.72 Å². The molecule has 0 saturated heterocycles. The Labute approximate surface area is 149 Å². The monoisotopic (exact) mass is 360 g/mol. The zero-order valence-corrected chi connectivity index (χ0v) is 14.1. The summed E-state index contributed by atoms with van der Waals surface area (Å²) in [7, 11) is 0. The number of ether oxygens (including phenoxy) is 1. The second kappa shape index (κ2) is 6.67. The van der Waals surface area contributed by atoms with Crippen molar-refractivity contribution < 1.29 is 17.9 Å². The first-order chi connectivity index (χ1) is 12.5. The number of nitrogens with one attached hydrogen (secondary N) is 1. The third-order valence-corrected chi connectivity index (χ3v) is 5.02. The van der Waals surface area contributed by atoms with Gasteiger partial charge in [0, 0.05) is 6.07 Å². The summed E-state index contributed by atoms with van der Waals surface area (Å²) in [6.07, 6.45) is 0.923. The van der Waals surface area contributed by atoms with E-state index in [4.69, 9.17) is 4.74 Å². The molecule has 0 bridgehead atoms. The maximum atomic E-state index is 13.5. The maximum absolute atomic E-state index is 13.5. The van der Waals surface area contributed by atoms with Gasteiger partial charge in [-0.1, -0.05) is 25.0 Å². The number of fused-ring (bicyclic) bond motifs is 1. The van der Waals surface area contributed by atoms with Crippen molar-refractivity contribution in [2.75, 3.05) is 0 Å². The molecule has 1 heterocycles. The van der Waals surface area contributed by atoms with Crippen molar-refractivity contribution >= 4 is 11.0 Å². The molecule has 1 aliphatic rings. The predicted octanol–water partition coefficient (Wildman–Crippen LogP) is 5.82. The van der Waals surface area contributed by atoms with E-state index in [0.717, 1.165) is 36.7 Å². The van der Waals surface area contributed by atoms with Gasteiger partial charge in [0.05, 0.1) is 22.9 Å². The summed E-state index contributed by atoms with van der Waals surface area (Å²) in [6, 6.07) is 9.99. The highest BCUT2D eigenvalue weighted by atomic mass is 19.4. The van der Waals surface area contributed by atoms with E-state index in [1.807, 2.05) is 6.07 Å². The van der Waals surface area contributed by atoms with E-state index < -0.39 is 11.7 Å². The van der Waals surface area contributed by atoms with E-state index in [-0.39, 0.29) is 12.5 Å². The molecule has 1 fully saturated rings. The van der Waals surface area contributed by atoms with E-state index >= 15 is 0 Å². The number of aromatic amines is 1. The van der Waals surface area contributed by atoms with Crippen molar-refractivity contribution in [2.45, 2.75) is 44.4 Å². The maximum Gasteiger partial charge on any atom is 0.416 e. The topological polar surface area (TPSA) is 37.9 Å². The summed E-state index contributed by atoms with van der Waals surface area (Å²) < 4.78 is 46.3. The molecule has 2 aromatic carbocycles. The molecule has 26 heavy (non-hydrogen) atoms. The number of rotatable bonds is 4. The van der Waals surface area contributed by atoms with Crippen LogP contribution in [0.4, 0.5) is 13.2 Å². The van der Waals surface area contributed by atoms with E-state index in [1.54, 1.807) is 30.6 Å². The number of hydrogen-bond donors (Lipinski definition) is 1. The van der Waals surface area contributed by atoms with Crippen LogP contribution in [0.15, 0.2) is 42.7 Å². The van der Waals surface area contributed by atoms with E-state index in [1.165, 1.54) is 6.07 Å². The molecule has 1 saturated carbocycles. The number of alkyl halides is 3. The van der Waals surface area contributed by atoms with Gasteiger partial charge in [0.25, 0.3) is 0 Å². The van der Waals surface area contributed by atoms with Crippen molar-refractivity contribution in [2.24, 2.45) is 0 Å². The zero-order valence-electron chi connectivity index (χ0n) is 14.1. The predicted molar refractivity (Wildman–Crippen MR) is 93.1 cm³/mol. The van der Waals surface area contributed by atoms with Gasteiger partial charge in [-0.25, -0.2) is 4.98 Å². The number of nitrogens with zero attached hydrogens (tertiary/aromatic N) is 1. The van der Waals surface area contributed by atoms with Crippen LogP contribution in [-0.4, -0.2) is 9.97 Å². The standard InChI is InChI=1S/C20H19F3N2O/c21-20(22,23)17-9-13(5-7-16(17)14-3-1-2-4-14)11-26-15-6-8-18-19(10-15)25-12-24-18/h5-10,12,14H,1-4,11H2,(H,24,25). The minimum Gasteiger partial charge on any atom is -0.489 e. The largest absolute Gasteiger partial charge is 0.489 e. The number of benzene rings is 2. The lowest BCUT2D eigenvalue weighted by Crippen LogP contribution is -2.12. The van der Waals surface area contributed by atoms with Crippen LogP contribution in [0.25, 0.3) is 11.0 Å². The molecule has 0 atom stereocenters. The zero-order chi connectivity index (χ0) is 18.1. The van der Waals surface area contributed by atoms with Crippen LogP contribution in [0, 0.1) is 0 Å². The highest BCUT2D eigenvalue weighted by Gasteiger charge is 2.36. The lowest BCUT2D eigenvalue weighted by Gasteiger charge is -2.19. The van der Waals surface area contributed by atoms with Crippen LogP contribution in [0.2, 0.25) is 0 Å². The molecule has 0 unspecified atom stereocenters. The molecule has 0 amide bonds. The number of halogens is 3. The first-order valence-corrected chi connectivity index (χ1v) is 8.77. The van der Waals surface area contributed by atoms with E-state index in [0.29, 0.717) is 16.9 Å². The Bertz CT molecular complexity index is 911. The number of H-pyrrole nitrogens is 1. The second-order valence-electron chi connectivity index (χ2n) is 6.77. The Hall–Kier alpha value is -2.50. The Morgan fingerprint density at radius 3 is 2.65 bits per heavy atom. The van der Waals surface area contributed by atoms with E-state index in [9.17, 15) is 13.2 Å². The molecule has 3 aromatic rings. The third-order valence-electron chi connectivity index (χ3n) is 5.02. The fraction of sp³-hybridized carbons (Fsp3) is 0.350. The number of imidazole rings is 1. The van der Waals surface area contributed by atoms with Gasteiger partial charge in [-0.05, 0) is 48.1 Å². The summed E-state index contributed by atoms with van der Waals surface area (Å²) in [6.45, 7) is 0.0909. The third kappa shape index (κ3) is 3.41. The second-order valence-corrected chi connectivity index (χ2v) is 6.77. The highest BCUT2D eigenvalue weighted by molar-refractivity contribution is 5.75. The highest BCUT2D eigenvalue weighted by Crippen LogP contribution is 2.42. The molecule has 0 aliphatic heterocycles. The first-order valence-electron chi connectivity index (χ1n) is 8.77. The van der Waals surface area contributed by atoms with Gasteiger partial charge in [0.2, 0.25) is 0 Å². The summed E-state index contributed by atoms with van der Waals surface area (Å²) >= 11 is 0. The molecular formula is C20H19F3N2O. The van der Waals surface area contributed by atoms with Gasteiger partial charge in [-0.3, -0.25) is 0 Å². The van der Waals surface area contributed by atoms with Crippen LogP contribution in [0.3, 0.4) is 0 Å². The van der Waals surface area contributed by atoms with Crippen molar-refractivity contribution in [3.63, 3.8) is 0 Å². The van der Waals surface area contributed by atoms with Gasteiger partial charge in [-0.2, -0.15) is 13.2 Å². The SMILES string of the molecule is FC(F)(F)c1cc(COc2ccc3nc[nH]c3c2)ccc1C1CCCC1. The summed E-state index contributed by atoms with van der Waals surface area (Å²) in [5.41, 5.74) is 2.07. The quantitative estimate of drug-likeness (QED) is 0.637. The number of aromatic nitrogens is 2. The molecule has 136 valence electrons. The number of hydrogen-bond acceptors (Lipinski definition) is 2. The average molecular weight is 360 g/mol. The first kappa shape index (κ1) is 16.9. The van der Waals surface area contributed by atoms with Crippen molar-refractivity contribution in [1.29, 1.82) is 0 Å². The van der Waals surface area contributed by atoms with Gasteiger partial charge in [-0.15, -0.1) is 0 Å². The van der Waals surface area contributed by atoms with Crippen LogP contribution >= 0.6 is 0 Å². The smallest absolute Gasteiger partial charge is 0.416 e. The van der Waals surface area contributed by atoms with Crippen LogP contribution < -0.4 is 4.74 Å². The summed E-state index contributed by atoms with van der Waals surface area (Å²) in [5.74, 6) is 0.611. The molecule has 4 rings (SSSR count). The van der Waals surface area contributed by atoms with Gasteiger partial charge in [0.15, 0.2) is 0 Å². The van der Waals surface area contributed by atoms with Crippen LogP contribution in [-0.2, 0) is 12.8 Å². The Kier molecular flexibility index (Phi) is 4.34. The fourth-order valence-electron chi connectivity index (χ4n) is 3.70. The minimum absolute atomic E-state index is 0.0179. The van der Waals surface area contributed by atoms with Crippen molar-refractivity contribution in [3.8, 4) is 5.75 Å². The molecule has 0 radical (unpaired) electrons. The van der Waals surface area contributed by atoms with Crippen LogP contribution in [0.5, 0.6) is 5.75 Å². The normalized spacial score (nSPS) is 15.7. The van der Waals surface area contributed by atoms with Crippen molar-refractivity contribution in [3.05, 3.63) is 59.4 Å². The Balaban J connectivity index is 1.56. The fourth-order valence-corrected chi connectivity index (χ4v) is 3.70. The van der Waals surface area contributed by atoms with Crippen LogP contribution in [0.1, 0.15) is 48.3 Å². The van der Waals surface area contributed by atoms with Gasteiger partial charge >= 0.3 is 6.18 Å². The molecule has 3 nitrogen and oxygen atoms in total. The minimum atomic E-state index is -4.34. The molecule has 6 heteroatoms. The van der Waals surface area contributed by atoms with Gasteiger partial charge in [0.1, 0.15) is 12.4 Å². The summed E-state index contributed by atoms with van der Waals surface area (Å²) in [4.78, 5) is 7.11. The molecular weight excluding hydrogens is 341 g/mol. The lowest BCUT2D eigenvalue weighted by atomic mass is 9.91. The molecule has 0 spiro atoms. The summed E-state index contributed by atoms with van der Waals surface area (Å²) in [5, 5.41) is 0. The Morgan fingerprint density at radius 1 is 1.08 bits per heavy atom. The molecule has 1 aromatic heterocycles.